The summed E-state index contributed by atoms with van der Waals surface area (Å²) in [7, 11) is 0. The molecule has 1 heterocycles. The van der Waals surface area contributed by atoms with Crippen LogP contribution in [0.1, 0.15) is 50.8 Å². The molecule has 1 saturated heterocycles. The molecule has 2 rings (SSSR count). The average Bonchev–Trinajstić information content (AvgIpc) is 2.93. The van der Waals surface area contributed by atoms with Crippen LogP contribution in [0.3, 0.4) is 0 Å². The molecule has 3 atom stereocenters. The van der Waals surface area contributed by atoms with Gasteiger partial charge in [0.1, 0.15) is 0 Å². The molecule has 1 N–H and O–H groups in total. The molecule has 0 aliphatic carbocycles. The van der Waals surface area contributed by atoms with Crippen LogP contribution >= 0.6 is 0 Å². The molecule has 0 amide bonds. The third-order valence-electron chi connectivity index (χ3n) is 4.23. The molecule has 0 aromatic heterocycles. The molecule has 1 fully saturated rings. The van der Waals surface area contributed by atoms with Gasteiger partial charge in [-0.2, -0.15) is 0 Å². The summed E-state index contributed by atoms with van der Waals surface area (Å²) in [5.41, 5.74) is 2.85. The molecule has 3 unspecified atom stereocenters. The number of hydrogen-bond donors (Lipinski definition) is 1. The fraction of sp³-hybridized carbons (Fsp3) is 0.647. The summed E-state index contributed by atoms with van der Waals surface area (Å²) in [5.74, 6) is 0.608. The Hall–Kier alpha value is -0.860. The van der Waals surface area contributed by atoms with Crippen molar-refractivity contribution < 1.29 is 4.74 Å². The third-order valence-corrected chi connectivity index (χ3v) is 4.23. The van der Waals surface area contributed by atoms with E-state index >= 15 is 0 Å². The number of ether oxygens (including phenoxy) is 1. The van der Waals surface area contributed by atoms with Crippen LogP contribution in [0.4, 0.5) is 0 Å². The highest BCUT2D eigenvalue weighted by Crippen LogP contribution is 2.35. The van der Waals surface area contributed by atoms with Crippen LogP contribution in [0.15, 0.2) is 24.3 Å². The molecule has 0 bridgehead atoms. The minimum Gasteiger partial charge on any atom is -0.378 e. The van der Waals surface area contributed by atoms with Gasteiger partial charge in [0.05, 0.1) is 6.10 Å². The van der Waals surface area contributed by atoms with E-state index in [2.05, 4.69) is 50.4 Å². The first-order chi connectivity index (χ1) is 9.30. The van der Waals surface area contributed by atoms with Crippen molar-refractivity contribution in [3.63, 3.8) is 0 Å². The molecule has 1 aliphatic heterocycles. The van der Waals surface area contributed by atoms with Crippen LogP contribution < -0.4 is 5.32 Å². The van der Waals surface area contributed by atoms with Gasteiger partial charge in [-0.3, -0.25) is 0 Å². The molecule has 2 heteroatoms. The van der Waals surface area contributed by atoms with Crippen molar-refractivity contribution in [1.82, 2.24) is 5.32 Å². The Morgan fingerprint density at radius 2 is 2.16 bits per heavy atom. The summed E-state index contributed by atoms with van der Waals surface area (Å²) < 4.78 is 5.88. The maximum absolute atomic E-state index is 5.88. The van der Waals surface area contributed by atoms with Gasteiger partial charge in [-0.15, -0.1) is 0 Å². The lowest BCUT2D eigenvalue weighted by Crippen LogP contribution is -2.32. The number of hydrogen-bond acceptors (Lipinski definition) is 2. The summed E-state index contributed by atoms with van der Waals surface area (Å²) in [6.45, 7) is 8.56. The van der Waals surface area contributed by atoms with Gasteiger partial charge in [-0.25, -0.2) is 0 Å². The zero-order chi connectivity index (χ0) is 13.7. The Balaban J connectivity index is 2.23. The SMILES string of the molecule is CCNC(c1cccc(CC)c1)C1CCOC1CC. The summed E-state index contributed by atoms with van der Waals surface area (Å²) in [6.07, 6.45) is 3.80. The van der Waals surface area contributed by atoms with Crippen molar-refractivity contribution in [2.75, 3.05) is 13.2 Å². The van der Waals surface area contributed by atoms with Crippen molar-refractivity contribution >= 4 is 0 Å². The van der Waals surface area contributed by atoms with Crippen LogP contribution in [0, 0.1) is 5.92 Å². The predicted octanol–water partition coefficient (Wildman–Crippen LogP) is 3.71. The first kappa shape index (κ1) is 14.5. The lowest BCUT2D eigenvalue weighted by molar-refractivity contribution is 0.0776. The molecule has 19 heavy (non-hydrogen) atoms. The van der Waals surface area contributed by atoms with Gasteiger partial charge >= 0.3 is 0 Å². The van der Waals surface area contributed by atoms with E-state index in [1.165, 1.54) is 17.5 Å². The second kappa shape index (κ2) is 7.06. The third kappa shape index (κ3) is 3.37. The van der Waals surface area contributed by atoms with Crippen LogP contribution in [0.2, 0.25) is 0 Å². The highest BCUT2D eigenvalue weighted by Gasteiger charge is 2.33. The quantitative estimate of drug-likeness (QED) is 0.843. The Bertz CT molecular complexity index is 391. The Labute approximate surface area is 117 Å². The van der Waals surface area contributed by atoms with Gasteiger partial charge in [0.2, 0.25) is 0 Å². The second-order valence-electron chi connectivity index (χ2n) is 5.40. The van der Waals surface area contributed by atoms with Crippen LogP contribution in [0.5, 0.6) is 0 Å². The van der Waals surface area contributed by atoms with E-state index in [1.807, 2.05) is 0 Å². The predicted molar refractivity (Wildman–Crippen MR) is 80.4 cm³/mol. The van der Waals surface area contributed by atoms with Crippen molar-refractivity contribution in [3.05, 3.63) is 35.4 Å². The standard InChI is InChI=1S/C17H27NO/c1-4-13-8-7-9-14(12-13)17(18-6-3)15-10-11-19-16(15)5-2/h7-9,12,15-18H,4-6,10-11H2,1-3H3. The van der Waals surface area contributed by atoms with E-state index in [0.29, 0.717) is 18.1 Å². The molecular formula is C17H27NO. The molecule has 2 nitrogen and oxygen atoms in total. The van der Waals surface area contributed by atoms with Gasteiger partial charge in [0.15, 0.2) is 0 Å². The fourth-order valence-electron chi connectivity index (χ4n) is 3.21. The van der Waals surface area contributed by atoms with Crippen molar-refractivity contribution in [2.24, 2.45) is 5.92 Å². The number of nitrogens with one attached hydrogen (secondary N) is 1. The number of rotatable bonds is 6. The first-order valence-corrected chi connectivity index (χ1v) is 7.73. The van der Waals surface area contributed by atoms with Crippen LogP contribution in [0.25, 0.3) is 0 Å². The van der Waals surface area contributed by atoms with Gasteiger partial charge in [0, 0.05) is 18.6 Å². The van der Waals surface area contributed by atoms with Crippen LogP contribution in [-0.2, 0) is 11.2 Å². The van der Waals surface area contributed by atoms with Crippen molar-refractivity contribution in [2.45, 2.75) is 52.2 Å². The minimum atomic E-state index is 0.411. The van der Waals surface area contributed by atoms with Gasteiger partial charge in [0.25, 0.3) is 0 Å². The maximum Gasteiger partial charge on any atom is 0.0619 e. The van der Waals surface area contributed by atoms with E-state index in [1.54, 1.807) is 0 Å². The average molecular weight is 261 g/mol. The largest absolute Gasteiger partial charge is 0.378 e. The highest BCUT2D eigenvalue weighted by atomic mass is 16.5. The van der Waals surface area contributed by atoms with Crippen molar-refractivity contribution in [3.8, 4) is 0 Å². The van der Waals surface area contributed by atoms with Crippen LogP contribution in [-0.4, -0.2) is 19.3 Å². The van der Waals surface area contributed by atoms with Gasteiger partial charge in [-0.1, -0.05) is 45.0 Å². The Kier molecular flexibility index (Phi) is 5.41. The summed E-state index contributed by atoms with van der Waals surface area (Å²) in [4.78, 5) is 0. The monoisotopic (exact) mass is 261 g/mol. The molecule has 1 aromatic carbocycles. The second-order valence-corrected chi connectivity index (χ2v) is 5.40. The van der Waals surface area contributed by atoms with E-state index in [-0.39, 0.29) is 0 Å². The fourth-order valence-corrected chi connectivity index (χ4v) is 3.21. The van der Waals surface area contributed by atoms with E-state index in [9.17, 15) is 0 Å². The first-order valence-electron chi connectivity index (χ1n) is 7.73. The summed E-state index contributed by atoms with van der Waals surface area (Å²) in [6, 6.07) is 9.46. The lowest BCUT2D eigenvalue weighted by atomic mass is 9.86. The zero-order valence-corrected chi connectivity index (χ0v) is 12.5. The van der Waals surface area contributed by atoms with Gasteiger partial charge in [-0.05, 0) is 36.9 Å². The molecular weight excluding hydrogens is 234 g/mol. The Morgan fingerprint density at radius 1 is 1.32 bits per heavy atom. The zero-order valence-electron chi connectivity index (χ0n) is 12.5. The summed E-state index contributed by atoms with van der Waals surface area (Å²) >= 11 is 0. The van der Waals surface area contributed by atoms with E-state index < -0.39 is 0 Å². The smallest absolute Gasteiger partial charge is 0.0619 e. The number of benzene rings is 1. The molecule has 1 aliphatic rings. The maximum atomic E-state index is 5.88. The normalized spacial score (nSPS) is 24.6. The Morgan fingerprint density at radius 3 is 2.84 bits per heavy atom. The van der Waals surface area contributed by atoms with Gasteiger partial charge < -0.3 is 10.1 Å². The van der Waals surface area contributed by atoms with E-state index in [4.69, 9.17) is 4.74 Å². The molecule has 1 aromatic rings. The molecule has 0 spiro atoms. The minimum absolute atomic E-state index is 0.411. The highest BCUT2D eigenvalue weighted by molar-refractivity contribution is 5.27. The molecule has 106 valence electrons. The van der Waals surface area contributed by atoms with Crippen molar-refractivity contribution in [1.29, 1.82) is 0 Å². The molecule has 0 radical (unpaired) electrons. The summed E-state index contributed by atoms with van der Waals surface area (Å²) in [5, 5.41) is 3.68. The topological polar surface area (TPSA) is 21.3 Å². The molecule has 0 saturated carbocycles. The number of aryl methyl sites for hydroxylation is 1. The van der Waals surface area contributed by atoms with E-state index in [0.717, 1.165) is 26.0 Å². The lowest BCUT2D eigenvalue weighted by Gasteiger charge is -2.28.